The van der Waals surface area contributed by atoms with Gasteiger partial charge >= 0.3 is 0 Å². The number of halogens is 3. The van der Waals surface area contributed by atoms with E-state index in [4.69, 9.17) is 49.0 Å². The highest BCUT2D eigenvalue weighted by Gasteiger charge is 2.41. The molecule has 11 heteroatoms. The molecule has 1 saturated heterocycles. The zero-order chi connectivity index (χ0) is 31.2. The van der Waals surface area contributed by atoms with Gasteiger partial charge in [-0.25, -0.2) is 0 Å². The maximum atomic E-state index is 14.1. The summed E-state index contributed by atoms with van der Waals surface area (Å²) >= 11 is 19.1. The van der Waals surface area contributed by atoms with E-state index in [2.05, 4.69) is 5.32 Å². The molecule has 5 rings (SSSR count). The molecule has 3 aromatic rings. The summed E-state index contributed by atoms with van der Waals surface area (Å²) in [6.45, 7) is 3.91. The summed E-state index contributed by atoms with van der Waals surface area (Å²) in [4.78, 5) is 30.7. The van der Waals surface area contributed by atoms with Gasteiger partial charge < -0.3 is 24.4 Å². The van der Waals surface area contributed by atoms with Gasteiger partial charge in [-0.2, -0.15) is 0 Å². The average molecular weight is 661 g/mol. The highest BCUT2D eigenvalue weighted by atomic mass is 35.5. The molecule has 0 aromatic heterocycles. The van der Waals surface area contributed by atoms with E-state index < -0.39 is 6.04 Å². The minimum atomic E-state index is -0.684. The Morgan fingerprint density at radius 1 is 0.955 bits per heavy atom. The molecule has 0 unspecified atom stereocenters. The molecule has 44 heavy (non-hydrogen) atoms. The van der Waals surface area contributed by atoms with Crippen LogP contribution in [0.4, 0.5) is 5.69 Å². The van der Waals surface area contributed by atoms with Crippen molar-refractivity contribution in [2.75, 3.05) is 44.9 Å². The summed E-state index contributed by atoms with van der Waals surface area (Å²) in [5.74, 6) is 0.759. The maximum absolute atomic E-state index is 14.1. The summed E-state index contributed by atoms with van der Waals surface area (Å²) in [7, 11) is 1.67. The predicted octanol–water partition coefficient (Wildman–Crippen LogP) is 6.10. The number of hydrogen-bond acceptors (Lipinski definition) is 6. The third-order valence-electron chi connectivity index (χ3n) is 7.65. The van der Waals surface area contributed by atoms with Crippen molar-refractivity contribution in [3.63, 3.8) is 0 Å². The standard InChI is InChI=1S/C33H36Cl3N3O5/c1-21-15-28(35)32(29(36)16-21)44-14-13-43-26-8-6-25(7-9-26)39-30(18-37-19-31(39)40)33(41)38(24-4-5-24)20-23-17-22(11-12-42-2)3-10-27(23)34/h3,6-10,15-17,24,30,37H,4-5,11-14,18-20H2,1-2H3/t30-/m1/s1. The first kappa shape index (κ1) is 32.4. The van der Waals surface area contributed by atoms with E-state index in [9.17, 15) is 9.59 Å². The van der Waals surface area contributed by atoms with E-state index in [-0.39, 0.29) is 37.6 Å². The van der Waals surface area contributed by atoms with Gasteiger partial charge in [-0.05, 0) is 85.3 Å². The van der Waals surface area contributed by atoms with Gasteiger partial charge in [0.2, 0.25) is 11.8 Å². The molecule has 234 valence electrons. The minimum Gasteiger partial charge on any atom is -0.490 e. The lowest BCUT2D eigenvalue weighted by Gasteiger charge is -2.38. The van der Waals surface area contributed by atoms with Crippen molar-refractivity contribution in [1.29, 1.82) is 0 Å². The van der Waals surface area contributed by atoms with Crippen molar-refractivity contribution in [2.24, 2.45) is 0 Å². The maximum Gasteiger partial charge on any atom is 0.247 e. The van der Waals surface area contributed by atoms with Crippen molar-refractivity contribution in [1.82, 2.24) is 10.2 Å². The molecule has 1 atom stereocenters. The van der Waals surface area contributed by atoms with Crippen LogP contribution in [0.5, 0.6) is 11.5 Å². The van der Waals surface area contributed by atoms with E-state index in [1.54, 1.807) is 48.4 Å². The lowest BCUT2D eigenvalue weighted by Crippen LogP contribution is -2.61. The number of aryl methyl sites for hydroxylation is 1. The Hall–Kier alpha value is -3.01. The molecule has 1 heterocycles. The highest BCUT2D eigenvalue weighted by Crippen LogP contribution is 2.35. The van der Waals surface area contributed by atoms with Crippen molar-refractivity contribution in [3.05, 3.63) is 86.4 Å². The number of nitrogens with zero attached hydrogens (tertiary/aromatic N) is 2. The number of ether oxygens (including phenoxy) is 3. The summed E-state index contributed by atoms with van der Waals surface area (Å²) < 4.78 is 16.8. The summed E-state index contributed by atoms with van der Waals surface area (Å²) in [6, 6.07) is 16.1. The van der Waals surface area contributed by atoms with Crippen molar-refractivity contribution in [2.45, 2.75) is 44.8 Å². The zero-order valence-electron chi connectivity index (χ0n) is 24.8. The third-order valence-corrected chi connectivity index (χ3v) is 8.58. The fraction of sp³-hybridized carbons (Fsp3) is 0.394. The van der Waals surface area contributed by atoms with Gasteiger partial charge in [0.1, 0.15) is 25.0 Å². The Balaban J connectivity index is 1.25. The van der Waals surface area contributed by atoms with Gasteiger partial charge in [0, 0.05) is 37.0 Å². The second kappa shape index (κ2) is 14.8. The fourth-order valence-electron chi connectivity index (χ4n) is 5.29. The first-order valence-electron chi connectivity index (χ1n) is 14.7. The normalized spacial score (nSPS) is 16.6. The lowest BCUT2D eigenvalue weighted by atomic mass is 10.1. The molecule has 2 amide bonds. The predicted molar refractivity (Wildman–Crippen MR) is 173 cm³/mol. The van der Waals surface area contributed by atoms with E-state index in [0.29, 0.717) is 52.0 Å². The quantitative estimate of drug-likeness (QED) is 0.223. The van der Waals surface area contributed by atoms with Gasteiger partial charge in [0.05, 0.1) is 23.2 Å². The van der Waals surface area contributed by atoms with E-state index in [1.807, 2.05) is 30.0 Å². The first-order valence-corrected chi connectivity index (χ1v) is 15.8. The zero-order valence-corrected chi connectivity index (χ0v) is 27.1. The first-order chi connectivity index (χ1) is 21.2. The number of hydrogen-bond donors (Lipinski definition) is 1. The van der Waals surface area contributed by atoms with Gasteiger partial charge in [-0.15, -0.1) is 0 Å². The van der Waals surface area contributed by atoms with E-state index in [1.165, 1.54) is 0 Å². The second-order valence-corrected chi connectivity index (χ2v) is 12.2. The van der Waals surface area contributed by atoms with Crippen LogP contribution >= 0.6 is 34.8 Å². The molecule has 0 spiro atoms. The van der Waals surface area contributed by atoms with Crippen LogP contribution in [-0.2, 0) is 27.3 Å². The van der Waals surface area contributed by atoms with Gasteiger partial charge in [-0.3, -0.25) is 14.5 Å². The number of benzene rings is 3. The van der Waals surface area contributed by atoms with Crippen LogP contribution in [0.25, 0.3) is 0 Å². The van der Waals surface area contributed by atoms with Gasteiger partial charge in [0.25, 0.3) is 0 Å². The average Bonchev–Trinajstić information content (AvgIpc) is 3.84. The van der Waals surface area contributed by atoms with Gasteiger partial charge in [0.15, 0.2) is 5.75 Å². The van der Waals surface area contributed by atoms with Crippen molar-refractivity contribution < 1.29 is 23.8 Å². The third kappa shape index (κ3) is 7.98. The molecule has 1 aliphatic heterocycles. The minimum absolute atomic E-state index is 0.0997. The lowest BCUT2D eigenvalue weighted by molar-refractivity contribution is -0.136. The van der Waals surface area contributed by atoms with Gasteiger partial charge in [-0.1, -0.05) is 46.9 Å². The topological polar surface area (TPSA) is 80.3 Å². The Morgan fingerprint density at radius 3 is 2.34 bits per heavy atom. The number of anilines is 1. The van der Waals surface area contributed by atoms with Crippen LogP contribution in [0.1, 0.15) is 29.5 Å². The summed E-state index contributed by atoms with van der Waals surface area (Å²) in [6.07, 6.45) is 2.62. The van der Waals surface area contributed by atoms with E-state index in [0.717, 1.165) is 36.0 Å². The number of amides is 2. The number of piperazine rings is 1. The van der Waals surface area contributed by atoms with Crippen LogP contribution in [0.2, 0.25) is 15.1 Å². The Morgan fingerprint density at radius 2 is 1.66 bits per heavy atom. The van der Waals surface area contributed by atoms with Crippen molar-refractivity contribution >= 4 is 52.3 Å². The van der Waals surface area contributed by atoms with Crippen LogP contribution in [-0.4, -0.2) is 68.8 Å². The monoisotopic (exact) mass is 659 g/mol. The molecule has 2 fully saturated rings. The SMILES string of the molecule is COCCc1ccc(Cl)c(CN(C(=O)[C@H]2CNCC(=O)N2c2ccc(OCCOc3c(Cl)cc(C)cc3Cl)cc2)C2CC2)c1. The fourth-order valence-corrected chi connectivity index (χ4v) is 6.17. The van der Waals surface area contributed by atoms with Crippen LogP contribution in [0, 0.1) is 6.92 Å². The molecule has 0 bridgehead atoms. The number of rotatable bonds is 13. The number of methoxy groups -OCH3 is 1. The largest absolute Gasteiger partial charge is 0.490 e. The van der Waals surface area contributed by atoms with Crippen LogP contribution in [0.15, 0.2) is 54.6 Å². The number of carbonyl (C=O) groups excluding carboxylic acids is 2. The Kier molecular flexibility index (Phi) is 10.9. The molecule has 1 saturated carbocycles. The van der Waals surface area contributed by atoms with Crippen LogP contribution in [0.3, 0.4) is 0 Å². The molecule has 8 nitrogen and oxygen atoms in total. The molecule has 2 aliphatic rings. The number of nitrogens with one attached hydrogen (secondary N) is 1. The molecule has 1 N–H and O–H groups in total. The molecule has 3 aromatic carbocycles. The second-order valence-electron chi connectivity index (χ2n) is 11.0. The smallest absolute Gasteiger partial charge is 0.247 e. The van der Waals surface area contributed by atoms with Crippen LogP contribution < -0.4 is 19.7 Å². The molecule has 0 radical (unpaired) electrons. The number of carbonyl (C=O) groups is 2. The Labute approximate surface area is 273 Å². The Bertz CT molecular complexity index is 1460. The molecular weight excluding hydrogens is 625 g/mol. The molecular formula is C33H36Cl3N3O5. The summed E-state index contributed by atoms with van der Waals surface area (Å²) in [5, 5.41) is 4.63. The van der Waals surface area contributed by atoms with E-state index >= 15 is 0 Å². The molecule has 1 aliphatic carbocycles. The highest BCUT2D eigenvalue weighted by molar-refractivity contribution is 6.37. The van der Waals surface area contributed by atoms with Crippen molar-refractivity contribution in [3.8, 4) is 11.5 Å². The summed E-state index contributed by atoms with van der Waals surface area (Å²) in [5.41, 5.74) is 3.57.